The van der Waals surface area contributed by atoms with Crippen molar-refractivity contribution in [2.75, 3.05) is 31.6 Å². The van der Waals surface area contributed by atoms with E-state index >= 15 is 0 Å². The quantitative estimate of drug-likeness (QED) is 0.597. The fraction of sp³-hybridized carbons (Fsp3) is 0.471. The average Bonchev–Trinajstić information content (AvgIpc) is 2.59. The van der Waals surface area contributed by atoms with E-state index in [0.717, 1.165) is 20.2 Å². The first-order chi connectivity index (χ1) is 12.1. The summed E-state index contributed by atoms with van der Waals surface area (Å²) in [5.74, 6) is -0.0204. The minimum absolute atomic E-state index is 0.0204. The third-order valence-corrected chi connectivity index (χ3v) is 6.83. The van der Waals surface area contributed by atoms with Gasteiger partial charge in [-0.2, -0.15) is 0 Å². The van der Waals surface area contributed by atoms with Crippen LogP contribution in [0, 0.1) is 10.5 Å². The van der Waals surface area contributed by atoms with Gasteiger partial charge in [-0.1, -0.05) is 18.2 Å². The fourth-order valence-corrected chi connectivity index (χ4v) is 4.75. The largest absolute Gasteiger partial charge is 0.313 e. The lowest BCUT2D eigenvalue weighted by Gasteiger charge is -2.32. The standard InChI is InChI=1S/C17H23ClIN3O3S/c1-4-26(24,25)20-13-5-7-22(8-6-13)11-17(23)21(3)16-10-14(18)12(2)9-15(16)19/h4,9-10,13,20H,1,5-8,11H2,2-3H3. The summed E-state index contributed by atoms with van der Waals surface area (Å²) in [6.45, 7) is 6.84. The van der Waals surface area contributed by atoms with Crippen molar-refractivity contribution in [2.45, 2.75) is 25.8 Å². The molecule has 0 aliphatic carbocycles. The molecule has 1 aliphatic heterocycles. The zero-order valence-corrected chi connectivity index (χ0v) is 18.6. The lowest BCUT2D eigenvalue weighted by molar-refractivity contribution is -0.119. The molecule has 1 amide bonds. The van der Waals surface area contributed by atoms with Gasteiger partial charge in [0.15, 0.2) is 0 Å². The lowest BCUT2D eigenvalue weighted by Crippen LogP contribution is -2.47. The van der Waals surface area contributed by atoms with Crippen LogP contribution in [-0.4, -0.2) is 51.9 Å². The molecule has 1 saturated heterocycles. The molecule has 0 aromatic heterocycles. The molecular weight excluding hydrogens is 489 g/mol. The first-order valence-electron chi connectivity index (χ1n) is 8.22. The summed E-state index contributed by atoms with van der Waals surface area (Å²) >= 11 is 8.39. The van der Waals surface area contributed by atoms with Crippen molar-refractivity contribution in [3.63, 3.8) is 0 Å². The summed E-state index contributed by atoms with van der Waals surface area (Å²) in [6.07, 6.45) is 1.33. The van der Waals surface area contributed by atoms with Gasteiger partial charge in [0.25, 0.3) is 0 Å². The second kappa shape index (κ2) is 9.01. The van der Waals surface area contributed by atoms with Gasteiger partial charge in [0.1, 0.15) is 0 Å². The number of hydrogen-bond donors (Lipinski definition) is 1. The first kappa shape index (κ1) is 21.6. The Balaban J connectivity index is 1.93. The van der Waals surface area contributed by atoms with Gasteiger partial charge in [-0.25, -0.2) is 13.1 Å². The number of halogens is 2. The van der Waals surface area contributed by atoms with Crippen molar-refractivity contribution in [3.05, 3.63) is 38.3 Å². The molecule has 0 bridgehead atoms. The van der Waals surface area contributed by atoms with Crippen LogP contribution in [0.1, 0.15) is 18.4 Å². The molecule has 2 rings (SSSR count). The van der Waals surface area contributed by atoms with E-state index in [1.807, 2.05) is 24.0 Å². The SMILES string of the molecule is C=CS(=O)(=O)NC1CCN(CC(=O)N(C)c2cc(Cl)c(C)cc2I)CC1. The van der Waals surface area contributed by atoms with E-state index in [1.165, 1.54) is 0 Å². The van der Waals surface area contributed by atoms with Gasteiger partial charge >= 0.3 is 0 Å². The van der Waals surface area contributed by atoms with Gasteiger partial charge in [0, 0.05) is 40.2 Å². The number of likely N-dealkylation sites (tertiary alicyclic amines) is 1. The number of carbonyl (C=O) groups is 1. The highest BCUT2D eigenvalue weighted by atomic mass is 127. The Morgan fingerprint density at radius 2 is 2.08 bits per heavy atom. The third-order valence-electron chi connectivity index (χ3n) is 4.46. The number of benzene rings is 1. The Labute approximate surface area is 173 Å². The molecule has 1 N–H and O–H groups in total. The molecule has 0 radical (unpaired) electrons. The summed E-state index contributed by atoms with van der Waals surface area (Å²) in [7, 11) is -1.67. The number of anilines is 1. The van der Waals surface area contributed by atoms with Crippen LogP contribution in [0.3, 0.4) is 0 Å². The van der Waals surface area contributed by atoms with E-state index < -0.39 is 10.0 Å². The maximum absolute atomic E-state index is 12.6. The van der Waals surface area contributed by atoms with Crippen LogP contribution in [-0.2, 0) is 14.8 Å². The molecule has 6 nitrogen and oxygen atoms in total. The molecule has 1 heterocycles. The molecule has 1 aromatic rings. The van der Waals surface area contributed by atoms with E-state index in [2.05, 4.69) is 33.9 Å². The van der Waals surface area contributed by atoms with Crippen molar-refractivity contribution in [1.82, 2.24) is 9.62 Å². The van der Waals surface area contributed by atoms with Crippen LogP contribution >= 0.6 is 34.2 Å². The molecule has 1 fully saturated rings. The Kier molecular flexibility index (Phi) is 7.49. The van der Waals surface area contributed by atoms with Crippen LogP contribution in [0.4, 0.5) is 5.69 Å². The molecule has 0 saturated carbocycles. The Hall–Kier alpha value is -0.680. The summed E-state index contributed by atoms with van der Waals surface area (Å²) < 4.78 is 26.7. The Morgan fingerprint density at radius 3 is 2.65 bits per heavy atom. The maximum Gasteiger partial charge on any atom is 0.240 e. The smallest absolute Gasteiger partial charge is 0.240 e. The van der Waals surface area contributed by atoms with Crippen molar-refractivity contribution in [2.24, 2.45) is 0 Å². The molecule has 144 valence electrons. The fourth-order valence-electron chi connectivity index (χ4n) is 2.81. The second-order valence-electron chi connectivity index (χ2n) is 6.39. The van der Waals surface area contributed by atoms with E-state index in [9.17, 15) is 13.2 Å². The number of hydrogen-bond acceptors (Lipinski definition) is 4. The number of nitrogens with one attached hydrogen (secondary N) is 1. The minimum Gasteiger partial charge on any atom is -0.313 e. The van der Waals surface area contributed by atoms with E-state index in [0.29, 0.717) is 37.5 Å². The Morgan fingerprint density at radius 1 is 1.46 bits per heavy atom. The highest BCUT2D eigenvalue weighted by molar-refractivity contribution is 14.1. The number of piperidine rings is 1. The van der Waals surface area contributed by atoms with Gasteiger partial charge in [-0.05, 0) is 60.1 Å². The van der Waals surface area contributed by atoms with E-state index in [-0.39, 0.29) is 11.9 Å². The summed E-state index contributed by atoms with van der Waals surface area (Å²) in [4.78, 5) is 16.3. The highest BCUT2D eigenvalue weighted by Crippen LogP contribution is 2.28. The zero-order valence-electron chi connectivity index (χ0n) is 14.8. The molecule has 0 atom stereocenters. The maximum atomic E-state index is 12.6. The lowest BCUT2D eigenvalue weighted by atomic mass is 10.1. The van der Waals surface area contributed by atoms with E-state index in [4.69, 9.17) is 11.6 Å². The number of carbonyl (C=O) groups excluding carboxylic acids is 1. The number of amides is 1. The van der Waals surface area contributed by atoms with Gasteiger partial charge in [-0.3, -0.25) is 9.69 Å². The van der Waals surface area contributed by atoms with Gasteiger partial charge in [0.05, 0.1) is 12.2 Å². The molecule has 1 aliphatic rings. The summed E-state index contributed by atoms with van der Waals surface area (Å²) in [5.41, 5.74) is 1.77. The van der Waals surface area contributed by atoms with Crippen LogP contribution in [0.5, 0.6) is 0 Å². The van der Waals surface area contributed by atoms with E-state index in [1.54, 1.807) is 11.9 Å². The summed E-state index contributed by atoms with van der Waals surface area (Å²) in [6, 6.07) is 3.66. The van der Waals surface area contributed by atoms with Crippen LogP contribution < -0.4 is 9.62 Å². The third kappa shape index (κ3) is 5.66. The van der Waals surface area contributed by atoms with Crippen molar-refractivity contribution < 1.29 is 13.2 Å². The van der Waals surface area contributed by atoms with Gasteiger partial charge in [-0.15, -0.1) is 0 Å². The van der Waals surface area contributed by atoms with Crippen LogP contribution in [0.15, 0.2) is 24.1 Å². The number of aryl methyl sites for hydroxylation is 1. The molecule has 0 spiro atoms. The normalized spacial score (nSPS) is 16.5. The number of rotatable bonds is 6. The molecule has 9 heteroatoms. The first-order valence-corrected chi connectivity index (χ1v) is 11.2. The van der Waals surface area contributed by atoms with Gasteiger partial charge in [0.2, 0.25) is 15.9 Å². The molecule has 26 heavy (non-hydrogen) atoms. The monoisotopic (exact) mass is 511 g/mol. The number of likely N-dealkylation sites (N-methyl/N-ethyl adjacent to an activating group) is 1. The number of sulfonamides is 1. The molecular formula is C17H23ClIN3O3S. The highest BCUT2D eigenvalue weighted by Gasteiger charge is 2.25. The predicted molar refractivity (Wildman–Crippen MR) is 114 cm³/mol. The van der Waals surface area contributed by atoms with Crippen LogP contribution in [0.2, 0.25) is 5.02 Å². The topological polar surface area (TPSA) is 69.7 Å². The molecule has 0 unspecified atom stereocenters. The second-order valence-corrected chi connectivity index (χ2v) is 9.61. The summed E-state index contributed by atoms with van der Waals surface area (Å²) in [5, 5.41) is 1.56. The van der Waals surface area contributed by atoms with Crippen molar-refractivity contribution in [3.8, 4) is 0 Å². The Bertz CT molecular complexity index is 793. The molecule has 1 aromatic carbocycles. The zero-order chi connectivity index (χ0) is 19.5. The number of nitrogens with zero attached hydrogens (tertiary/aromatic N) is 2. The minimum atomic E-state index is -3.41. The predicted octanol–water partition coefficient (Wildman–Crippen LogP) is 2.74. The van der Waals surface area contributed by atoms with Crippen molar-refractivity contribution in [1.29, 1.82) is 0 Å². The van der Waals surface area contributed by atoms with Crippen LogP contribution in [0.25, 0.3) is 0 Å². The average molecular weight is 512 g/mol. The van der Waals surface area contributed by atoms with Gasteiger partial charge < -0.3 is 4.90 Å². The van der Waals surface area contributed by atoms with Crippen molar-refractivity contribution >= 4 is 55.8 Å².